The first kappa shape index (κ1) is 8.66. The number of aromatic nitrogens is 3. The van der Waals surface area contributed by atoms with Gasteiger partial charge in [-0.15, -0.1) is 0 Å². The molecule has 0 bridgehead atoms. The van der Waals surface area contributed by atoms with Crippen LogP contribution in [0, 0.1) is 0 Å². The Bertz CT molecular complexity index is 246. The fourth-order valence-electron chi connectivity index (χ4n) is 0.779. The lowest BCUT2D eigenvalue weighted by atomic mass is 10.3. The van der Waals surface area contributed by atoms with E-state index in [0.717, 1.165) is 0 Å². The van der Waals surface area contributed by atoms with Gasteiger partial charge in [-0.1, -0.05) is 0 Å². The molecule has 12 heavy (non-hydrogen) atoms. The Hall–Kier alpha value is -1.43. The standard InChI is InChI=1S/C6H10N4O2/c1-4(9-5(12)2-11)6-7-3-8-10-6/h3-4,11H,2H2,1H3,(H,9,12)(H,7,8,10). The molecule has 1 heterocycles. The molecule has 1 amide bonds. The lowest BCUT2D eigenvalue weighted by molar-refractivity contribution is -0.124. The zero-order valence-corrected chi connectivity index (χ0v) is 6.61. The molecule has 6 nitrogen and oxygen atoms in total. The minimum absolute atomic E-state index is 0.257. The fraction of sp³-hybridized carbons (Fsp3) is 0.500. The molecule has 0 saturated carbocycles. The fourth-order valence-corrected chi connectivity index (χ4v) is 0.779. The van der Waals surface area contributed by atoms with Gasteiger partial charge in [0.25, 0.3) is 0 Å². The molecule has 0 spiro atoms. The van der Waals surface area contributed by atoms with Crippen molar-refractivity contribution in [3.05, 3.63) is 12.2 Å². The molecule has 0 fully saturated rings. The van der Waals surface area contributed by atoms with Gasteiger partial charge < -0.3 is 10.4 Å². The highest BCUT2D eigenvalue weighted by atomic mass is 16.3. The second kappa shape index (κ2) is 3.82. The average Bonchev–Trinajstić information content (AvgIpc) is 2.56. The zero-order chi connectivity index (χ0) is 8.97. The number of carbonyl (C=O) groups excluding carboxylic acids is 1. The van der Waals surface area contributed by atoms with Crippen LogP contribution in [0.4, 0.5) is 0 Å². The Balaban J connectivity index is 2.49. The Morgan fingerprint density at radius 3 is 3.17 bits per heavy atom. The van der Waals surface area contributed by atoms with Crippen LogP contribution >= 0.6 is 0 Å². The van der Waals surface area contributed by atoms with Gasteiger partial charge in [-0.3, -0.25) is 9.89 Å². The maximum Gasteiger partial charge on any atom is 0.246 e. The van der Waals surface area contributed by atoms with Crippen LogP contribution < -0.4 is 5.32 Å². The number of carbonyl (C=O) groups is 1. The molecule has 1 aromatic rings. The molecular weight excluding hydrogens is 160 g/mol. The van der Waals surface area contributed by atoms with Crippen molar-refractivity contribution >= 4 is 5.91 Å². The molecule has 1 rings (SSSR count). The summed E-state index contributed by atoms with van der Waals surface area (Å²) in [5.74, 6) is 0.135. The Labute approximate surface area is 69.0 Å². The summed E-state index contributed by atoms with van der Waals surface area (Å²) in [6, 6.07) is -0.257. The van der Waals surface area contributed by atoms with E-state index in [2.05, 4.69) is 20.5 Å². The van der Waals surface area contributed by atoms with Crippen LogP contribution in [0.2, 0.25) is 0 Å². The molecule has 0 aliphatic heterocycles. The van der Waals surface area contributed by atoms with E-state index < -0.39 is 12.5 Å². The second-order valence-electron chi connectivity index (χ2n) is 2.32. The lowest BCUT2D eigenvalue weighted by Crippen LogP contribution is -2.29. The van der Waals surface area contributed by atoms with Crippen molar-refractivity contribution in [1.29, 1.82) is 0 Å². The lowest BCUT2D eigenvalue weighted by Gasteiger charge is -2.08. The highest BCUT2D eigenvalue weighted by Gasteiger charge is 2.09. The number of hydrogen-bond acceptors (Lipinski definition) is 4. The third kappa shape index (κ3) is 2.03. The molecule has 3 N–H and O–H groups in total. The first-order valence-corrected chi connectivity index (χ1v) is 3.49. The van der Waals surface area contributed by atoms with Crippen molar-refractivity contribution in [2.45, 2.75) is 13.0 Å². The highest BCUT2D eigenvalue weighted by Crippen LogP contribution is 2.02. The molecular formula is C6H10N4O2. The van der Waals surface area contributed by atoms with Crippen LogP contribution in [-0.2, 0) is 4.79 Å². The van der Waals surface area contributed by atoms with Crippen LogP contribution in [-0.4, -0.2) is 32.8 Å². The van der Waals surface area contributed by atoms with E-state index in [1.54, 1.807) is 6.92 Å². The van der Waals surface area contributed by atoms with Crippen LogP contribution in [0.3, 0.4) is 0 Å². The zero-order valence-electron chi connectivity index (χ0n) is 6.61. The number of aromatic amines is 1. The molecule has 1 unspecified atom stereocenters. The van der Waals surface area contributed by atoms with Crippen molar-refractivity contribution < 1.29 is 9.90 Å². The third-order valence-corrected chi connectivity index (χ3v) is 1.36. The molecule has 1 atom stereocenters. The maximum atomic E-state index is 10.7. The number of nitrogens with zero attached hydrogens (tertiary/aromatic N) is 2. The number of aliphatic hydroxyl groups is 1. The van der Waals surface area contributed by atoms with Gasteiger partial charge in [-0.2, -0.15) is 5.10 Å². The molecule has 6 heteroatoms. The Morgan fingerprint density at radius 2 is 2.67 bits per heavy atom. The maximum absolute atomic E-state index is 10.7. The number of nitrogens with one attached hydrogen (secondary N) is 2. The number of H-pyrrole nitrogens is 1. The van der Waals surface area contributed by atoms with E-state index in [1.165, 1.54) is 6.33 Å². The van der Waals surface area contributed by atoms with Crippen LogP contribution in [0.25, 0.3) is 0 Å². The van der Waals surface area contributed by atoms with Crippen LogP contribution in [0.5, 0.6) is 0 Å². The predicted molar refractivity (Wildman–Crippen MR) is 40.0 cm³/mol. The molecule has 66 valence electrons. The normalized spacial score (nSPS) is 12.5. The van der Waals surface area contributed by atoms with Crippen molar-refractivity contribution in [3.63, 3.8) is 0 Å². The minimum Gasteiger partial charge on any atom is -0.387 e. The summed E-state index contributed by atoms with van der Waals surface area (Å²) in [5, 5.41) is 17.2. The van der Waals surface area contributed by atoms with E-state index in [0.29, 0.717) is 5.82 Å². The smallest absolute Gasteiger partial charge is 0.246 e. The third-order valence-electron chi connectivity index (χ3n) is 1.36. The summed E-state index contributed by atoms with van der Waals surface area (Å²) >= 11 is 0. The minimum atomic E-state index is -0.515. The second-order valence-corrected chi connectivity index (χ2v) is 2.32. The molecule has 0 aliphatic carbocycles. The van der Waals surface area contributed by atoms with Crippen molar-refractivity contribution in [3.8, 4) is 0 Å². The average molecular weight is 170 g/mol. The van der Waals surface area contributed by atoms with E-state index in [1.807, 2.05) is 0 Å². The molecule has 0 aliphatic rings. The van der Waals surface area contributed by atoms with Crippen molar-refractivity contribution in [2.24, 2.45) is 0 Å². The van der Waals surface area contributed by atoms with E-state index in [9.17, 15) is 4.79 Å². The van der Waals surface area contributed by atoms with Crippen molar-refractivity contribution in [1.82, 2.24) is 20.5 Å². The van der Waals surface area contributed by atoms with Gasteiger partial charge in [-0.05, 0) is 6.92 Å². The van der Waals surface area contributed by atoms with Crippen molar-refractivity contribution in [2.75, 3.05) is 6.61 Å². The molecule has 0 saturated heterocycles. The Morgan fingerprint density at radius 1 is 1.92 bits per heavy atom. The highest BCUT2D eigenvalue weighted by molar-refractivity contribution is 5.77. The largest absolute Gasteiger partial charge is 0.387 e. The first-order valence-electron chi connectivity index (χ1n) is 3.49. The summed E-state index contributed by atoms with van der Waals surface area (Å²) in [5.41, 5.74) is 0. The predicted octanol–water partition coefficient (Wildman–Crippen LogP) is -1.03. The number of aliphatic hydroxyl groups excluding tert-OH is 1. The number of amides is 1. The van der Waals surface area contributed by atoms with E-state index in [4.69, 9.17) is 5.11 Å². The molecule has 0 aromatic carbocycles. The van der Waals surface area contributed by atoms with Gasteiger partial charge in [0.2, 0.25) is 5.91 Å². The van der Waals surface area contributed by atoms with Gasteiger partial charge >= 0.3 is 0 Å². The van der Waals surface area contributed by atoms with Gasteiger partial charge in [0.15, 0.2) is 0 Å². The topological polar surface area (TPSA) is 90.9 Å². The molecule has 0 radical (unpaired) electrons. The van der Waals surface area contributed by atoms with Gasteiger partial charge in [0, 0.05) is 0 Å². The summed E-state index contributed by atoms with van der Waals surface area (Å²) < 4.78 is 0. The summed E-state index contributed by atoms with van der Waals surface area (Å²) in [6.07, 6.45) is 1.36. The van der Waals surface area contributed by atoms with Gasteiger partial charge in [0.1, 0.15) is 18.8 Å². The van der Waals surface area contributed by atoms with E-state index in [-0.39, 0.29) is 6.04 Å². The number of hydrogen-bond donors (Lipinski definition) is 3. The first-order chi connectivity index (χ1) is 5.74. The van der Waals surface area contributed by atoms with Gasteiger partial charge in [-0.25, -0.2) is 4.98 Å². The SMILES string of the molecule is CC(NC(=O)CO)c1ncn[nH]1. The van der Waals surface area contributed by atoms with Gasteiger partial charge in [0.05, 0.1) is 6.04 Å². The summed E-state index contributed by atoms with van der Waals surface area (Å²) in [7, 11) is 0. The number of rotatable bonds is 3. The summed E-state index contributed by atoms with van der Waals surface area (Å²) in [6.45, 7) is 1.23. The quantitative estimate of drug-likeness (QED) is 0.541. The Kier molecular flexibility index (Phi) is 2.76. The van der Waals surface area contributed by atoms with Crippen LogP contribution in [0.15, 0.2) is 6.33 Å². The van der Waals surface area contributed by atoms with Crippen LogP contribution in [0.1, 0.15) is 18.8 Å². The molecule has 1 aromatic heterocycles. The monoisotopic (exact) mass is 170 g/mol. The summed E-state index contributed by atoms with van der Waals surface area (Å²) in [4.78, 5) is 14.5. The van der Waals surface area contributed by atoms with E-state index >= 15 is 0 Å².